The second kappa shape index (κ2) is 6.42. The van der Waals surface area contributed by atoms with Gasteiger partial charge in [-0.1, -0.05) is 42.5 Å². The molecule has 0 saturated heterocycles. The molecule has 0 aliphatic carbocycles. The van der Waals surface area contributed by atoms with E-state index in [1.165, 1.54) is 33.3 Å². The molecule has 0 spiro atoms. The molecule has 4 aromatic rings. The Balaban J connectivity index is 1.55. The van der Waals surface area contributed by atoms with Gasteiger partial charge in [-0.15, -0.1) is 11.3 Å². The first-order valence-electron chi connectivity index (χ1n) is 7.72. The zero-order valence-corrected chi connectivity index (χ0v) is 13.7. The predicted octanol–water partition coefficient (Wildman–Crippen LogP) is 5.77. The molecule has 0 aliphatic rings. The highest BCUT2D eigenvalue weighted by atomic mass is 32.1. The van der Waals surface area contributed by atoms with E-state index in [9.17, 15) is 4.39 Å². The molecule has 0 atom stereocenters. The molecule has 1 aromatic heterocycles. The number of aromatic nitrogens is 1. The standard InChI is InChI=1S/C20H15FN2S/c21-16-8-10-17(11-9-16)23-20-22-13-18(24-20)12-15-6-3-5-14-4-1-2-7-19(14)15/h1-11,13H,12H2,(H,22,23). The maximum Gasteiger partial charge on any atom is 0.187 e. The van der Waals surface area contributed by atoms with Crippen molar-refractivity contribution < 1.29 is 4.39 Å². The molecule has 1 heterocycles. The average molecular weight is 334 g/mol. The van der Waals surface area contributed by atoms with Crippen LogP contribution in [0.4, 0.5) is 15.2 Å². The van der Waals surface area contributed by atoms with Gasteiger partial charge in [0.15, 0.2) is 5.13 Å². The van der Waals surface area contributed by atoms with Gasteiger partial charge in [-0.25, -0.2) is 9.37 Å². The molecule has 2 nitrogen and oxygen atoms in total. The smallest absolute Gasteiger partial charge is 0.187 e. The van der Waals surface area contributed by atoms with Gasteiger partial charge in [0.2, 0.25) is 0 Å². The van der Waals surface area contributed by atoms with Crippen LogP contribution in [-0.2, 0) is 6.42 Å². The average Bonchev–Trinajstić information content (AvgIpc) is 3.04. The minimum Gasteiger partial charge on any atom is -0.332 e. The highest BCUT2D eigenvalue weighted by molar-refractivity contribution is 7.15. The number of thiazole rings is 1. The highest BCUT2D eigenvalue weighted by Gasteiger charge is 2.06. The highest BCUT2D eigenvalue weighted by Crippen LogP contribution is 2.27. The number of nitrogens with one attached hydrogen (secondary N) is 1. The topological polar surface area (TPSA) is 24.9 Å². The van der Waals surface area contributed by atoms with Crippen LogP contribution in [0.5, 0.6) is 0 Å². The third-order valence-corrected chi connectivity index (χ3v) is 4.81. The van der Waals surface area contributed by atoms with Crippen LogP contribution in [0.25, 0.3) is 10.8 Å². The fourth-order valence-electron chi connectivity index (χ4n) is 2.74. The van der Waals surface area contributed by atoms with Crippen molar-refractivity contribution in [1.82, 2.24) is 4.98 Å². The Labute approximate surface area is 143 Å². The fourth-order valence-corrected chi connectivity index (χ4v) is 3.59. The molecule has 1 N–H and O–H groups in total. The van der Waals surface area contributed by atoms with Crippen LogP contribution < -0.4 is 5.32 Å². The molecular formula is C20H15FN2S. The molecule has 0 fully saturated rings. The first-order valence-corrected chi connectivity index (χ1v) is 8.53. The Morgan fingerprint density at radius 3 is 2.58 bits per heavy atom. The van der Waals surface area contributed by atoms with Gasteiger partial charge >= 0.3 is 0 Å². The predicted molar refractivity (Wildman–Crippen MR) is 98.6 cm³/mol. The monoisotopic (exact) mass is 334 g/mol. The lowest BCUT2D eigenvalue weighted by Crippen LogP contribution is -1.88. The van der Waals surface area contributed by atoms with E-state index in [-0.39, 0.29) is 5.82 Å². The second-order valence-electron chi connectivity index (χ2n) is 5.58. The van der Waals surface area contributed by atoms with Gasteiger partial charge in [0.1, 0.15) is 5.82 Å². The number of benzene rings is 3. The maximum absolute atomic E-state index is 13.0. The van der Waals surface area contributed by atoms with Crippen LogP contribution in [0.1, 0.15) is 10.4 Å². The molecule has 24 heavy (non-hydrogen) atoms. The first kappa shape index (κ1) is 14.8. The van der Waals surface area contributed by atoms with Crippen molar-refractivity contribution in [2.75, 3.05) is 5.32 Å². The summed E-state index contributed by atoms with van der Waals surface area (Å²) < 4.78 is 13.0. The van der Waals surface area contributed by atoms with Gasteiger partial charge in [-0.05, 0) is 40.6 Å². The van der Waals surface area contributed by atoms with Crippen molar-refractivity contribution in [1.29, 1.82) is 0 Å². The summed E-state index contributed by atoms with van der Waals surface area (Å²) in [5.41, 5.74) is 2.13. The Morgan fingerprint density at radius 1 is 0.917 bits per heavy atom. The van der Waals surface area contributed by atoms with E-state index in [2.05, 4.69) is 52.8 Å². The number of nitrogens with zero attached hydrogens (tertiary/aromatic N) is 1. The summed E-state index contributed by atoms with van der Waals surface area (Å²) in [6.07, 6.45) is 2.75. The lowest BCUT2D eigenvalue weighted by Gasteiger charge is -2.04. The van der Waals surface area contributed by atoms with E-state index in [0.29, 0.717) is 0 Å². The summed E-state index contributed by atoms with van der Waals surface area (Å²) in [5.74, 6) is -0.240. The summed E-state index contributed by atoms with van der Waals surface area (Å²) in [6, 6.07) is 21.1. The van der Waals surface area contributed by atoms with Crippen LogP contribution >= 0.6 is 11.3 Å². The molecule has 118 valence electrons. The summed E-state index contributed by atoms with van der Waals surface area (Å²) in [6.45, 7) is 0. The Morgan fingerprint density at radius 2 is 1.71 bits per heavy atom. The van der Waals surface area contributed by atoms with E-state index in [1.54, 1.807) is 23.5 Å². The van der Waals surface area contributed by atoms with Gasteiger partial charge in [-0.3, -0.25) is 0 Å². The van der Waals surface area contributed by atoms with Gasteiger partial charge in [-0.2, -0.15) is 0 Å². The third kappa shape index (κ3) is 3.14. The molecule has 4 rings (SSSR count). The lowest BCUT2D eigenvalue weighted by molar-refractivity contribution is 0.628. The number of fused-ring (bicyclic) bond motifs is 1. The molecule has 4 heteroatoms. The normalized spacial score (nSPS) is 10.9. The number of halogens is 1. The zero-order chi connectivity index (χ0) is 16.4. The van der Waals surface area contributed by atoms with Gasteiger partial charge in [0, 0.05) is 23.2 Å². The molecule has 0 amide bonds. The number of hydrogen-bond acceptors (Lipinski definition) is 3. The van der Waals surface area contributed by atoms with Gasteiger partial charge in [0.25, 0.3) is 0 Å². The summed E-state index contributed by atoms with van der Waals surface area (Å²) in [7, 11) is 0. The van der Waals surface area contributed by atoms with E-state index < -0.39 is 0 Å². The molecular weight excluding hydrogens is 319 g/mol. The minimum absolute atomic E-state index is 0.240. The van der Waals surface area contributed by atoms with Crippen molar-refractivity contribution in [3.05, 3.63) is 89.2 Å². The summed E-state index contributed by atoms with van der Waals surface area (Å²) >= 11 is 1.62. The number of hydrogen-bond donors (Lipinski definition) is 1. The van der Waals surface area contributed by atoms with Crippen molar-refractivity contribution in [3.63, 3.8) is 0 Å². The largest absolute Gasteiger partial charge is 0.332 e. The second-order valence-corrected chi connectivity index (χ2v) is 6.69. The molecule has 0 aliphatic heterocycles. The van der Waals surface area contributed by atoms with Gasteiger partial charge in [0.05, 0.1) is 0 Å². The quantitative estimate of drug-likeness (QED) is 0.512. The molecule has 0 unspecified atom stereocenters. The van der Waals surface area contributed by atoms with Crippen molar-refractivity contribution in [2.45, 2.75) is 6.42 Å². The van der Waals surface area contributed by atoms with Crippen LogP contribution in [0.3, 0.4) is 0 Å². The SMILES string of the molecule is Fc1ccc(Nc2ncc(Cc3cccc4ccccc34)s2)cc1. The van der Waals surface area contributed by atoms with E-state index in [1.807, 2.05) is 6.20 Å². The number of anilines is 2. The Bertz CT molecular complexity index is 971. The van der Waals surface area contributed by atoms with Crippen LogP contribution in [-0.4, -0.2) is 4.98 Å². The van der Waals surface area contributed by atoms with Crippen molar-refractivity contribution >= 4 is 32.9 Å². The lowest BCUT2D eigenvalue weighted by atomic mass is 10.0. The van der Waals surface area contributed by atoms with E-state index in [0.717, 1.165) is 17.2 Å². The number of rotatable bonds is 4. The van der Waals surface area contributed by atoms with Crippen LogP contribution in [0.15, 0.2) is 72.9 Å². The van der Waals surface area contributed by atoms with Crippen molar-refractivity contribution in [2.24, 2.45) is 0 Å². The third-order valence-electron chi connectivity index (χ3n) is 3.89. The molecule has 0 bridgehead atoms. The van der Waals surface area contributed by atoms with Gasteiger partial charge < -0.3 is 5.32 Å². The van der Waals surface area contributed by atoms with Crippen LogP contribution in [0.2, 0.25) is 0 Å². The molecule has 0 radical (unpaired) electrons. The Hall–Kier alpha value is -2.72. The minimum atomic E-state index is -0.240. The summed E-state index contributed by atoms with van der Waals surface area (Å²) in [5, 5.41) is 6.56. The Kier molecular flexibility index (Phi) is 3.97. The molecule has 0 saturated carbocycles. The van der Waals surface area contributed by atoms with E-state index in [4.69, 9.17) is 0 Å². The first-order chi connectivity index (χ1) is 11.8. The zero-order valence-electron chi connectivity index (χ0n) is 12.9. The van der Waals surface area contributed by atoms with Crippen LogP contribution in [0, 0.1) is 5.82 Å². The maximum atomic E-state index is 13.0. The summed E-state index contributed by atoms with van der Waals surface area (Å²) in [4.78, 5) is 5.61. The fraction of sp³-hybridized carbons (Fsp3) is 0.0500. The molecule has 3 aromatic carbocycles. The van der Waals surface area contributed by atoms with Crippen molar-refractivity contribution in [3.8, 4) is 0 Å². The van der Waals surface area contributed by atoms with E-state index >= 15 is 0 Å².